The zero-order valence-corrected chi connectivity index (χ0v) is 11.4. The lowest BCUT2D eigenvalue weighted by molar-refractivity contribution is -0.0390. The third-order valence-corrected chi connectivity index (χ3v) is 5.55. The molecule has 0 aromatic rings. The predicted molar refractivity (Wildman–Crippen MR) is 70.2 cm³/mol. The molecule has 1 nitrogen and oxygen atoms in total. The molecule has 86 valence electrons. The van der Waals surface area contributed by atoms with Gasteiger partial charge in [-0.15, -0.1) is 0 Å². The first-order chi connectivity index (χ1) is 6.96. The van der Waals surface area contributed by atoms with Gasteiger partial charge in [0.15, 0.2) is 0 Å². The van der Waals surface area contributed by atoms with Crippen LogP contribution in [0.2, 0.25) is 0 Å². The monoisotopic (exact) mass is 226 g/mol. The third-order valence-electron chi connectivity index (χ3n) is 3.84. The molecule has 2 fully saturated rings. The van der Waals surface area contributed by atoms with Gasteiger partial charge in [0.2, 0.25) is 0 Å². The lowest BCUT2D eigenvalue weighted by Crippen LogP contribution is -2.40. The molecule has 4 atom stereocenters. The number of thioether (sulfide) groups is 1. The van der Waals surface area contributed by atoms with E-state index in [9.17, 15) is 0 Å². The second-order valence-electron chi connectivity index (χ2n) is 6.03. The summed E-state index contributed by atoms with van der Waals surface area (Å²) in [6.45, 7) is 9.35. The van der Waals surface area contributed by atoms with E-state index in [1.807, 2.05) is 0 Å². The van der Waals surface area contributed by atoms with Crippen molar-refractivity contribution in [3.05, 3.63) is 0 Å². The van der Waals surface area contributed by atoms with Gasteiger partial charge in [-0.05, 0) is 18.3 Å². The van der Waals surface area contributed by atoms with E-state index in [0.29, 0.717) is 6.00 Å². The number of hydrogen-bond acceptors (Lipinski definition) is 2. The highest BCUT2D eigenvalue weighted by Crippen LogP contribution is 2.56. The van der Waals surface area contributed by atoms with E-state index in [-0.39, 0.29) is 5.60 Å². The summed E-state index contributed by atoms with van der Waals surface area (Å²) in [7, 11) is 2.26. The molecule has 0 aromatic heterocycles. The van der Waals surface area contributed by atoms with Crippen molar-refractivity contribution < 1.29 is 4.74 Å². The fourth-order valence-corrected chi connectivity index (χ4v) is 5.58. The quantitative estimate of drug-likeness (QED) is 0.682. The number of hydrogen-bond donors (Lipinski definition) is 0. The molecule has 2 bridgehead atoms. The predicted octanol–water partition coefficient (Wildman–Crippen LogP) is 2.15. The van der Waals surface area contributed by atoms with Crippen LogP contribution >= 0.6 is 11.8 Å². The minimum Gasteiger partial charge on any atom is -0.378 e. The van der Waals surface area contributed by atoms with Gasteiger partial charge in [0, 0.05) is 22.9 Å². The van der Waals surface area contributed by atoms with Crippen LogP contribution in [0.25, 0.3) is 0 Å². The Kier molecular flexibility index (Phi) is 3.15. The highest BCUT2D eigenvalue weighted by molar-refractivity contribution is 8.00. The average Bonchev–Trinajstić information content (AvgIpc) is 2.53. The van der Waals surface area contributed by atoms with E-state index in [1.165, 1.54) is 12.2 Å². The first-order valence-electron chi connectivity index (χ1n) is 6.25. The molecule has 1 unspecified atom stereocenters. The van der Waals surface area contributed by atoms with Crippen molar-refractivity contribution >= 4 is 19.6 Å². The largest absolute Gasteiger partial charge is 0.378 e. The maximum Gasteiger partial charge on any atom is 0.140 e. The Hall–Kier alpha value is 0.375. The van der Waals surface area contributed by atoms with Gasteiger partial charge in [-0.25, -0.2) is 0 Å². The molecule has 0 radical (unpaired) electrons. The van der Waals surface area contributed by atoms with Crippen LogP contribution in [0.4, 0.5) is 0 Å². The topological polar surface area (TPSA) is 9.23 Å². The van der Waals surface area contributed by atoms with Gasteiger partial charge in [-0.3, -0.25) is 0 Å². The Labute approximate surface area is 99.1 Å². The van der Waals surface area contributed by atoms with Gasteiger partial charge >= 0.3 is 0 Å². The molecule has 3 heteroatoms. The molecule has 0 aromatic carbocycles. The third kappa shape index (κ3) is 1.86. The number of fused-ring (bicyclic) bond motifs is 2. The Balaban J connectivity index is 2.21. The summed E-state index contributed by atoms with van der Waals surface area (Å²) in [5.74, 6) is 3.51. The van der Waals surface area contributed by atoms with Crippen molar-refractivity contribution in [2.75, 3.05) is 5.75 Å². The summed E-state index contributed by atoms with van der Waals surface area (Å²) in [5.41, 5.74) is 0.205. The lowest BCUT2D eigenvalue weighted by Gasteiger charge is -2.34. The smallest absolute Gasteiger partial charge is 0.140 e. The summed E-state index contributed by atoms with van der Waals surface area (Å²) in [6, 6.07) is 0.468. The summed E-state index contributed by atoms with van der Waals surface area (Å²) in [5, 5.41) is 0.753. The summed E-state index contributed by atoms with van der Waals surface area (Å²) < 4.78 is 6.31. The molecule has 0 amide bonds. The van der Waals surface area contributed by atoms with E-state index < -0.39 is 0 Å². The van der Waals surface area contributed by atoms with Gasteiger partial charge in [0.1, 0.15) is 7.85 Å². The fourth-order valence-electron chi connectivity index (χ4n) is 3.63. The minimum absolute atomic E-state index is 0.205. The molecule has 15 heavy (non-hydrogen) atoms. The Bertz CT molecular complexity index is 244. The summed E-state index contributed by atoms with van der Waals surface area (Å²) in [4.78, 5) is 0. The number of ether oxygens (including phenoxy) is 1. The summed E-state index contributed by atoms with van der Waals surface area (Å²) in [6.07, 6.45) is 1.24. The highest BCUT2D eigenvalue weighted by Gasteiger charge is 2.59. The highest BCUT2D eigenvalue weighted by atomic mass is 32.2. The van der Waals surface area contributed by atoms with Crippen LogP contribution in [0.5, 0.6) is 0 Å². The molecule has 2 heterocycles. The van der Waals surface area contributed by atoms with E-state index in [4.69, 9.17) is 4.74 Å². The molecule has 0 aliphatic carbocycles. The van der Waals surface area contributed by atoms with Gasteiger partial charge in [-0.1, -0.05) is 27.7 Å². The van der Waals surface area contributed by atoms with Crippen LogP contribution in [0, 0.1) is 17.8 Å². The van der Waals surface area contributed by atoms with Crippen molar-refractivity contribution in [3.8, 4) is 0 Å². The van der Waals surface area contributed by atoms with Crippen molar-refractivity contribution in [3.63, 3.8) is 0 Å². The Morgan fingerprint density at radius 2 is 2.07 bits per heavy atom. The fraction of sp³-hybridized carbons (Fsp3) is 1.00. The Morgan fingerprint density at radius 1 is 1.40 bits per heavy atom. The van der Waals surface area contributed by atoms with Crippen molar-refractivity contribution in [2.45, 2.75) is 51.0 Å². The molecule has 0 N–H and O–H groups in total. The van der Waals surface area contributed by atoms with Crippen LogP contribution in [-0.2, 0) is 4.74 Å². The average molecular weight is 226 g/mol. The van der Waals surface area contributed by atoms with Gasteiger partial charge in [-0.2, -0.15) is 11.8 Å². The number of rotatable bonds is 3. The zero-order valence-electron chi connectivity index (χ0n) is 10.6. The second kappa shape index (κ2) is 3.99. The molecule has 2 rings (SSSR count). The first kappa shape index (κ1) is 11.8. The second-order valence-corrected chi connectivity index (χ2v) is 7.20. The van der Waals surface area contributed by atoms with Gasteiger partial charge in [0.05, 0.1) is 5.60 Å². The SMILES string of the molecule is B[C@@H]1O[C@@]2(CC(C)C)CS[C@H]1C2C(C)C. The van der Waals surface area contributed by atoms with Crippen LogP contribution in [0.1, 0.15) is 34.1 Å². The van der Waals surface area contributed by atoms with E-state index in [0.717, 1.165) is 23.0 Å². The first-order valence-corrected chi connectivity index (χ1v) is 7.30. The van der Waals surface area contributed by atoms with Crippen LogP contribution in [0.3, 0.4) is 0 Å². The minimum atomic E-state index is 0.205. The van der Waals surface area contributed by atoms with E-state index in [2.05, 4.69) is 47.3 Å². The maximum atomic E-state index is 6.31. The standard InChI is InChI=1S/C12H23BOS/c1-7(2)5-12-6-15-10(11(13)14-12)9(12)8(3)4/h7-11H,5-6,13H2,1-4H3/t9?,10-,11+,12-/m0/s1. The molecule has 0 saturated carbocycles. The van der Waals surface area contributed by atoms with Crippen molar-refractivity contribution in [2.24, 2.45) is 17.8 Å². The van der Waals surface area contributed by atoms with Crippen molar-refractivity contribution in [1.29, 1.82) is 0 Å². The van der Waals surface area contributed by atoms with Crippen molar-refractivity contribution in [1.82, 2.24) is 0 Å². The van der Waals surface area contributed by atoms with Gasteiger partial charge < -0.3 is 4.74 Å². The van der Waals surface area contributed by atoms with E-state index in [1.54, 1.807) is 0 Å². The molecule has 2 aliphatic rings. The molecule has 2 saturated heterocycles. The van der Waals surface area contributed by atoms with Gasteiger partial charge in [0.25, 0.3) is 0 Å². The molecular weight excluding hydrogens is 203 g/mol. The zero-order chi connectivity index (χ0) is 11.2. The normalized spacial score (nSPS) is 44.5. The van der Waals surface area contributed by atoms with E-state index >= 15 is 0 Å². The van der Waals surface area contributed by atoms with Crippen LogP contribution < -0.4 is 0 Å². The van der Waals surface area contributed by atoms with Crippen LogP contribution in [0.15, 0.2) is 0 Å². The summed E-state index contributed by atoms with van der Waals surface area (Å²) >= 11 is 2.15. The Morgan fingerprint density at radius 3 is 2.53 bits per heavy atom. The molecule has 0 spiro atoms. The maximum absolute atomic E-state index is 6.31. The lowest BCUT2D eigenvalue weighted by atomic mass is 9.75. The molecular formula is C12H23BOS. The van der Waals surface area contributed by atoms with Crippen LogP contribution in [-0.4, -0.2) is 30.5 Å². The molecule has 2 aliphatic heterocycles.